The van der Waals surface area contributed by atoms with Crippen LogP contribution in [0.1, 0.15) is 21.7 Å². The van der Waals surface area contributed by atoms with Gasteiger partial charge in [0.25, 0.3) is 5.91 Å². The number of nitrogens with one attached hydrogen (secondary N) is 2. The van der Waals surface area contributed by atoms with E-state index in [0.717, 1.165) is 17.5 Å². The molecule has 0 aliphatic carbocycles. The number of aromatic nitrogens is 4. The zero-order valence-electron chi connectivity index (χ0n) is 15.0. The maximum Gasteiger partial charge on any atom is 0.255 e. The average Bonchev–Trinajstić information content (AvgIpc) is 3.01. The third kappa shape index (κ3) is 4.47. The summed E-state index contributed by atoms with van der Waals surface area (Å²) in [5, 5.41) is 14.3. The Morgan fingerprint density at radius 1 is 1.07 bits per heavy atom. The van der Waals surface area contributed by atoms with E-state index in [1.165, 1.54) is 6.07 Å². The van der Waals surface area contributed by atoms with E-state index in [-0.39, 0.29) is 5.91 Å². The predicted octanol–water partition coefficient (Wildman–Crippen LogP) is 1.90. The molecule has 0 saturated carbocycles. The third-order valence-corrected chi connectivity index (χ3v) is 4.36. The van der Waals surface area contributed by atoms with Crippen molar-refractivity contribution in [1.29, 1.82) is 0 Å². The van der Waals surface area contributed by atoms with Gasteiger partial charge >= 0.3 is 0 Å². The van der Waals surface area contributed by atoms with Gasteiger partial charge in [-0.15, -0.1) is 5.10 Å². The average molecular weight is 386 g/mol. The van der Waals surface area contributed by atoms with Crippen molar-refractivity contribution in [2.45, 2.75) is 13.8 Å². The van der Waals surface area contributed by atoms with Crippen molar-refractivity contribution in [3.05, 3.63) is 59.4 Å². The van der Waals surface area contributed by atoms with Crippen LogP contribution in [0.25, 0.3) is 5.69 Å². The van der Waals surface area contributed by atoms with E-state index < -0.39 is 10.0 Å². The van der Waals surface area contributed by atoms with E-state index in [0.29, 0.717) is 22.8 Å². The summed E-state index contributed by atoms with van der Waals surface area (Å²) in [6, 6.07) is 11.6. The van der Waals surface area contributed by atoms with Crippen LogP contribution in [-0.4, -0.2) is 40.8 Å². The lowest BCUT2D eigenvalue weighted by Gasteiger charge is -2.11. The highest BCUT2D eigenvalue weighted by molar-refractivity contribution is 7.92. The summed E-state index contributed by atoms with van der Waals surface area (Å²) >= 11 is 0. The molecule has 2 aromatic carbocycles. The second-order valence-corrected chi connectivity index (χ2v) is 7.80. The fourth-order valence-electron chi connectivity index (χ4n) is 2.51. The van der Waals surface area contributed by atoms with Crippen molar-refractivity contribution in [3.8, 4) is 5.69 Å². The first kappa shape index (κ1) is 18.5. The molecule has 1 heterocycles. The Morgan fingerprint density at radius 2 is 1.85 bits per heavy atom. The van der Waals surface area contributed by atoms with Gasteiger partial charge in [0, 0.05) is 16.9 Å². The van der Waals surface area contributed by atoms with Gasteiger partial charge < -0.3 is 5.32 Å². The first-order valence-corrected chi connectivity index (χ1v) is 9.87. The maximum absolute atomic E-state index is 12.5. The minimum Gasteiger partial charge on any atom is -0.322 e. The molecule has 0 fully saturated rings. The highest BCUT2D eigenvalue weighted by Gasteiger charge is 2.12. The molecule has 0 aliphatic rings. The molecular formula is C17H18N6O3S. The summed E-state index contributed by atoms with van der Waals surface area (Å²) in [7, 11) is -3.42. The van der Waals surface area contributed by atoms with Gasteiger partial charge in [-0.05, 0) is 60.2 Å². The van der Waals surface area contributed by atoms with Crippen molar-refractivity contribution < 1.29 is 13.2 Å². The fraction of sp³-hybridized carbons (Fsp3) is 0.176. The van der Waals surface area contributed by atoms with E-state index in [1.807, 2.05) is 13.0 Å². The number of amides is 1. The number of tetrazole rings is 1. The molecule has 0 unspecified atom stereocenters. The molecular weight excluding hydrogens is 368 g/mol. The minimum absolute atomic E-state index is 0.319. The van der Waals surface area contributed by atoms with Gasteiger partial charge in [-0.1, -0.05) is 12.1 Å². The number of nitrogens with zero attached hydrogens (tertiary/aromatic N) is 4. The van der Waals surface area contributed by atoms with Crippen molar-refractivity contribution in [2.24, 2.45) is 0 Å². The predicted molar refractivity (Wildman–Crippen MR) is 101 cm³/mol. The standard InChI is InChI=1S/C17H18N6O3S/c1-11-7-8-14(10-16(11)23-12(2)19-21-22-23)18-17(24)13-5-4-6-15(9-13)20-27(3,25)26/h4-10,20H,1-3H3,(H,18,24). The van der Waals surface area contributed by atoms with Crippen LogP contribution in [0.2, 0.25) is 0 Å². The number of aryl methyl sites for hydroxylation is 2. The Morgan fingerprint density at radius 3 is 2.52 bits per heavy atom. The number of hydrogen-bond acceptors (Lipinski definition) is 6. The molecule has 0 radical (unpaired) electrons. The number of benzene rings is 2. The number of carbonyl (C=O) groups excluding carboxylic acids is 1. The highest BCUT2D eigenvalue weighted by Crippen LogP contribution is 2.20. The molecule has 3 aromatic rings. The van der Waals surface area contributed by atoms with Crippen LogP contribution in [0.3, 0.4) is 0 Å². The first-order valence-electron chi connectivity index (χ1n) is 7.98. The van der Waals surface area contributed by atoms with Crippen molar-refractivity contribution >= 4 is 27.3 Å². The molecule has 1 aromatic heterocycles. The molecule has 3 rings (SSSR count). The lowest BCUT2D eigenvalue weighted by Crippen LogP contribution is -2.14. The molecule has 27 heavy (non-hydrogen) atoms. The number of anilines is 2. The van der Waals surface area contributed by atoms with Gasteiger partial charge in [-0.3, -0.25) is 9.52 Å². The number of carbonyl (C=O) groups is 1. The van der Waals surface area contributed by atoms with Gasteiger partial charge in [-0.25, -0.2) is 8.42 Å². The van der Waals surface area contributed by atoms with E-state index in [9.17, 15) is 13.2 Å². The lowest BCUT2D eigenvalue weighted by molar-refractivity contribution is 0.102. The molecule has 1 amide bonds. The molecule has 0 bridgehead atoms. The highest BCUT2D eigenvalue weighted by atomic mass is 32.2. The van der Waals surface area contributed by atoms with Crippen LogP contribution in [0.5, 0.6) is 0 Å². The topological polar surface area (TPSA) is 119 Å². The Bertz CT molecular complexity index is 1110. The second kappa shape index (κ2) is 7.16. The Labute approximate surface area is 156 Å². The third-order valence-electron chi connectivity index (χ3n) is 3.75. The van der Waals surface area contributed by atoms with Crippen LogP contribution < -0.4 is 10.0 Å². The van der Waals surface area contributed by atoms with Crippen LogP contribution in [0, 0.1) is 13.8 Å². The van der Waals surface area contributed by atoms with Gasteiger partial charge in [0.15, 0.2) is 5.82 Å². The zero-order valence-corrected chi connectivity index (χ0v) is 15.8. The Hall–Kier alpha value is -3.27. The van der Waals surface area contributed by atoms with Gasteiger partial charge in [0.05, 0.1) is 11.9 Å². The smallest absolute Gasteiger partial charge is 0.255 e. The van der Waals surface area contributed by atoms with Gasteiger partial charge in [0.2, 0.25) is 10.0 Å². The van der Waals surface area contributed by atoms with E-state index in [2.05, 4.69) is 25.6 Å². The van der Waals surface area contributed by atoms with Crippen LogP contribution in [-0.2, 0) is 10.0 Å². The van der Waals surface area contributed by atoms with E-state index >= 15 is 0 Å². The monoisotopic (exact) mass is 386 g/mol. The second-order valence-electron chi connectivity index (χ2n) is 6.05. The molecule has 0 atom stereocenters. The molecule has 0 spiro atoms. The summed E-state index contributed by atoms with van der Waals surface area (Å²) < 4.78 is 26.6. The zero-order chi connectivity index (χ0) is 19.6. The van der Waals surface area contributed by atoms with Gasteiger partial charge in [-0.2, -0.15) is 4.68 Å². The Balaban J connectivity index is 1.85. The number of sulfonamides is 1. The molecule has 2 N–H and O–H groups in total. The molecule has 10 heteroatoms. The molecule has 0 aliphatic heterocycles. The van der Waals surface area contributed by atoms with E-state index in [1.54, 1.807) is 41.9 Å². The van der Waals surface area contributed by atoms with Crippen LogP contribution in [0.4, 0.5) is 11.4 Å². The summed E-state index contributed by atoms with van der Waals surface area (Å²) in [6.45, 7) is 3.70. The lowest BCUT2D eigenvalue weighted by atomic mass is 10.1. The van der Waals surface area contributed by atoms with Crippen molar-refractivity contribution in [3.63, 3.8) is 0 Å². The van der Waals surface area contributed by atoms with Crippen molar-refractivity contribution in [2.75, 3.05) is 16.3 Å². The largest absolute Gasteiger partial charge is 0.322 e. The maximum atomic E-state index is 12.5. The van der Waals surface area contributed by atoms with Crippen LogP contribution in [0.15, 0.2) is 42.5 Å². The molecule has 140 valence electrons. The first-order chi connectivity index (χ1) is 12.7. The number of rotatable bonds is 5. The minimum atomic E-state index is -3.42. The molecule has 9 nitrogen and oxygen atoms in total. The number of hydrogen-bond donors (Lipinski definition) is 2. The summed E-state index contributed by atoms with van der Waals surface area (Å²) in [4.78, 5) is 12.5. The summed E-state index contributed by atoms with van der Waals surface area (Å²) in [5.41, 5.74) is 2.91. The fourth-order valence-corrected chi connectivity index (χ4v) is 3.07. The summed E-state index contributed by atoms with van der Waals surface area (Å²) in [6.07, 6.45) is 1.05. The SMILES string of the molecule is Cc1ccc(NC(=O)c2cccc(NS(C)(=O)=O)c2)cc1-n1nnnc1C. The summed E-state index contributed by atoms with van der Waals surface area (Å²) in [5.74, 6) is 0.261. The van der Waals surface area contributed by atoms with Crippen LogP contribution >= 0.6 is 0 Å². The van der Waals surface area contributed by atoms with E-state index in [4.69, 9.17) is 0 Å². The normalized spacial score (nSPS) is 11.2. The van der Waals surface area contributed by atoms with Gasteiger partial charge in [0.1, 0.15) is 0 Å². The van der Waals surface area contributed by atoms with Crippen molar-refractivity contribution in [1.82, 2.24) is 20.2 Å². The molecule has 0 saturated heterocycles. The quantitative estimate of drug-likeness (QED) is 0.691. The Kier molecular flexibility index (Phi) is 4.91.